The minimum atomic E-state index is 0.0625. The van der Waals surface area contributed by atoms with Crippen LogP contribution in [-0.4, -0.2) is 0 Å². The van der Waals surface area contributed by atoms with E-state index in [4.69, 9.17) is 0 Å². The van der Waals surface area contributed by atoms with Crippen molar-refractivity contribution in [2.75, 3.05) is 0 Å². The molecule has 0 N–H and O–H groups in total. The van der Waals surface area contributed by atoms with E-state index in [2.05, 4.69) is 15.9 Å². The third-order valence-corrected chi connectivity index (χ3v) is 2.41. The van der Waals surface area contributed by atoms with Gasteiger partial charge in [0.15, 0.2) is 5.43 Å². The van der Waals surface area contributed by atoms with Crippen LogP contribution in [-0.2, 0) is 0 Å². The Balaban J connectivity index is 3.00. The van der Waals surface area contributed by atoms with Crippen LogP contribution in [0.5, 0.6) is 0 Å². The van der Waals surface area contributed by atoms with Crippen LogP contribution in [0.4, 0.5) is 0 Å². The van der Waals surface area contributed by atoms with Crippen molar-refractivity contribution in [3.8, 4) is 0 Å². The van der Waals surface area contributed by atoms with Gasteiger partial charge in [-0.2, -0.15) is 0 Å². The molecule has 64 valence electrons. The van der Waals surface area contributed by atoms with Crippen molar-refractivity contribution < 1.29 is 0 Å². The molecule has 0 bridgehead atoms. The van der Waals surface area contributed by atoms with Gasteiger partial charge in [-0.25, -0.2) is 0 Å². The molecule has 0 aliphatic carbocycles. The predicted octanol–water partition coefficient (Wildman–Crippen LogP) is 2.96. The van der Waals surface area contributed by atoms with Gasteiger partial charge in [0, 0.05) is 9.86 Å². The maximum atomic E-state index is 11.5. The first-order chi connectivity index (χ1) is 6.27. The first kappa shape index (κ1) is 8.45. The molecule has 0 spiro atoms. The summed E-state index contributed by atoms with van der Waals surface area (Å²) in [4.78, 5) is 11.5. The van der Waals surface area contributed by atoms with Gasteiger partial charge in [0.1, 0.15) is 0 Å². The molecule has 0 amide bonds. The lowest BCUT2D eigenvalue weighted by Gasteiger charge is -1.91. The van der Waals surface area contributed by atoms with Crippen molar-refractivity contribution in [3.05, 3.63) is 57.2 Å². The SMILES string of the molecule is O=c1ccccc2cc(Br)ccc12. The summed E-state index contributed by atoms with van der Waals surface area (Å²) in [6.45, 7) is 0. The van der Waals surface area contributed by atoms with E-state index in [1.807, 2.05) is 30.3 Å². The van der Waals surface area contributed by atoms with Crippen LogP contribution >= 0.6 is 15.9 Å². The molecule has 0 aliphatic rings. The van der Waals surface area contributed by atoms with Crippen LogP contribution in [0.1, 0.15) is 0 Å². The monoisotopic (exact) mass is 234 g/mol. The third-order valence-electron chi connectivity index (χ3n) is 1.91. The van der Waals surface area contributed by atoms with Gasteiger partial charge in [0.2, 0.25) is 0 Å². The van der Waals surface area contributed by atoms with Crippen molar-refractivity contribution in [2.45, 2.75) is 0 Å². The first-order valence-electron chi connectivity index (χ1n) is 3.96. The van der Waals surface area contributed by atoms with E-state index in [0.29, 0.717) is 0 Å². The summed E-state index contributed by atoms with van der Waals surface area (Å²) in [5.41, 5.74) is 0.0625. The molecule has 2 rings (SSSR count). The highest BCUT2D eigenvalue weighted by molar-refractivity contribution is 9.10. The molecular weight excluding hydrogens is 228 g/mol. The average molecular weight is 235 g/mol. The molecule has 0 fully saturated rings. The molecule has 0 saturated heterocycles. The number of hydrogen-bond acceptors (Lipinski definition) is 1. The van der Waals surface area contributed by atoms with E-state index < -0.39 is 0 Å². The highest BCUT2D eigenvalue weighted by Gasteiger charge is 1.95. The summed E-state index contributed by atoms with van der Waals surface area (Å²) in [7, 11) is 0. The van der Waals surface area contributed by atoms with Crippen LogP contribution in [0.15, 0.2) is 51.7 Å². The van der Waals surface area contributed by atoms with Crippen LogP contribution < -0.4 is 5.43 Å². The van der Waals surface area contributed by atoms with Gasteiger partial charge in [-0.3, -0.25) is 4.79 Å². The minimum absolute atomic E-state index is 0.0625. The highest BCUT2D eigenvalue weighted by atomic mass is 79.9. The van der Waals surface area contributed by atoms with Gasteiger partial charge in [-0.05, 0) is 29.7 Å². The van der Waals surface area contributed by atoms with E-state index in [-0.39, 0.29) is 5.43 Å². The fraction of sp³-hybridized carbons (Fsp3) is 0. The maximum Gasteiger partial charge on any atom is 0.186 e. The van der Waals surface area contributed by atoms with E-state index in [9.17, 15) is 4.79 Å². The van der Waals surface area contributed by atoms with Crippen LogP contribution in [0.2, 0.25) is 0 Å². The highest BCUT2D eigenvalue weighted by Crippen LogP contribution is 2.15. The van der Waals surface area contributed by atoms with Gasteiger partial charge >= 0.3 is 0 Å². The van der Waals surface area contributed by atoms with Crippen LogP contribution in [0.25, 0.3) is 10.8 Å². The molecule has 0 radical (unpaired) electrons. The third kappa shape index (κ3) is 1.63. The summed E-state index contributed by atoms with van der Waals surface area (Å²) < 4.78 is 0.991. The molecule has 2 heteroatoms. The summed E-state index contributed by atoms with van der Waals surface area (Å²) in [6.07, 6.45) is 0. The van der Waals surface area contributed by atoms with Crippen molar-refractivity contribution in [2.24, 2.45) is 0 Å². The largest absolute Gasteiger partial charge is 0.289 e. The average Bonchev–Trinajstić information content (AvgIpc) is 2.28. The second kappa shape index (κ2) is 3.30. The second-order valence-corrected chi connectivity index (χ2v) is 3.73. The van der Waals surface area contributed by atoms with E-state index in [1.54, 1.807) is 12.1 Å². The normalized spacial score (nSPS) is 10.2. The van der Waals surface area contributed by atoms with Crippen molar-refractivity contribution in [1.82, 2.24) is 0 Å². The van der Waals surface area contributed by atoms with Crippen molar-refractivity contribution in [3.63, 3.8) is 0 Å². The van der Waals surface area contributed by atoms with Gasteiger partial charge in [-0.1, -0.05) is 34.1 Å². The number of halogens is 1. The van der Waals surface area contributed by atoms with Gasteiger partial charge in [-0.15, -0.1) is 0 Å². The Morgan fingerprint density at radius 1 is 1.00 bits per heavy atom. The Kier molecular flexibility index (Phi) is 2.15. The topological polar surface area (TPSA) is 17.1 Å². The Morgan fingerprint density at radius 3 is 2.62 bits per heavy atom. The zero-order valence-corrected chi connectivity index (χ0v) is 8.41. The molecule has 0 aromatic heterocycles. The van der Waals surface area contributed by atoms with Gasteiger partial charge in [0.25, 0.3) is 0 Å². The summed E-state index contributed by atoms with van der Waals surface area (Å²) >= 11 is 3.37. The van der Waals surface area contributed by atoms with Gasteiger partial charge < -0.3 is 0 Å². The minimum Gasteiger partial charge on any atom is -0.289 e. The summed E-state index contributed by atoms with van der Waals surface area (Å²) in [5, 5.41) is 1.72. The Hall–Kier alpha value is -1.15. The summed E-state index contributed by atoms with van der Waals surface area (Å²) in [6, 6.07) is 12.8. The Morgan fingerprint density at radius 2 is 1.77 bits per heavy atom. The molecule has 0 unspecified atom stereocenters. The maximum absolute atomic E-state index is 11.5. The number of hydrogen-bond donors (Lipinski definition) is 0. The number of rotatable bonds is 0. The van der Waals surface area contributed by atoms with E-state index >= 15 is 0 Å². The Labute approximate surface area is 84.2 Å². The molecule has 0 aliphatic heterocycles. The zero-order chi connectivity index (χ0) is 9.26. The lowest BCUT2D eigenvalue weighted by molar-refractivity contribution is 1.69. The number of fused-ring (bicyclic) bond motifs is 1. The lowest BCUT2D eigenvalue weighted by atomic mass is 10.2. The molecular formula is C11H7BrO. The van der Waals surface area contributed by atoms with Crippen LogP contribution in [0.3, 0.4) is 0 Å². The predicted molar refractivity (Wildman–Crippen MR) is 57.9 cm³/mol. The molecule has 0 saturated carbocycles. The number of benzene rings is 1. The van der Waals surface area contributed by atoms with Crippen LogP contribution in [0, 0.1) is 0 Å². The van der Waals surface area contributed by atoms with Crippen molar-refractivity contribution >= 4 is 26.7 Å². The standard InChI is InChI=1S/C11H7BrO/c12-9-5-6-10-8(7-9)3-1-2-4-11(10)13/h1-7H. The van der Waals surface area contributed by atoms with E-state index in [1.165, 1.54) is 0 Å². The molecule has 1 nitrogen and oxygen atoms in total. The van der Waals surface area contributed by atoms with Gasteiger partial charge in [0.05, 0.1) is 0 Å². The zero-order valence-electron chi connectivity index (χ0n) is 6.83. The molecule has 0 atom stereocenters. The lowest BCUT2D eigenvalue weighted by Crippen LogP contribution is -1.93. The summed E-state index contributed by atoms with van der Waals surface area (Å²) in [5.74, 6) is 0. The van der Waals surface area contributed by atoms with Crippen molar-refractivity contribution in [1.29, 1.82) is 0 Å². The molecule has 13 heavy (non-hydrogen) atoms. The van der Waals surface area contributed by atoms with E-state index in [0.717, 1.165) is 15.2 Å². The second-order valence-electron chi connectivity index (χ2n) is 2.81. The smallest absolute Gasteiger partial charge is 0.186 e. The molecule has 0 heterocycles. The quantitative estimate of drug-likeness (QED) is 0.686. The molecule has 2 aromatic rings. The Bertz CT molecular complexity index is 505. The fourth-order valence-electron chi connectivity index (χ4n) is 1.29. The fourth-order valence-corrected chi connectivity index (χ4v) is 1.67. The molecule has 2 aromatic carbocycles. The first-order valence-corrected chi connectivity index (χ1v) is 4.75.